The molecule has 4 aromatic rings. The largest absolute Gasteiger partial charge is 0.337 e. The number of carbonyl (C=O) groups is 2. The second-order valence-electron chi connectivity index (χ2n) is 7.14. The molecule has 0 aliphatic heterocycles. The van der Waals surface area contributed by atoms with E-state index in [1.165, 1.54) is 18.6 Å². The van der Waals surface area contributed by atoms with Gasteiger partial charge in [-0.15, -0.1) is 0 Å². The highest BCUT2D eigenvalue weighted by Crippen LogP contribution is 2.18. The maximum absolute atomic E-state index is 13.1. The molecule has 0 atom stereocenters. The molecule has 0 saturated carbocycles. The fraction of sp³-hybridized carbons (Fsp3) is 0.0833. The van der Waals surface area contributed by atoms with Crippen LogP contribution < -0.4 is 10.7 Å². The molecule has 0 aliphatic carbocycles. The summed E-state index contributed by atoms with van der Waals surface area (Å²) in [6.45, 7) is 1.79. The lowest BCUT2D eigenvalue weighted by Crippen LogP contribution is -2.24. The van der Waals surface area contributed by atoms with E-state index in [2.05, 4.69) is 10.3 Å². The number of hydrogen-bond acceptors (Lipinski definition) is 4. The third-order valence-corrected chi connectivity index (χ3v) is 5.08. The highest BCUT2D eigenvalue weighted by atomic mass is 35.5. The number of rotatable bonds is 5. The molecule has 0 fully saturated rings. The number of nitrogens with one attached hydrogen (secondary N) is 1. The Bertz CT molecular complexity index is 1360. The summed E-state index contributed by atoms with van der Waals surface area (Å²) in [5.41, 5.74) is 2.00. The Morgan fingerprint density at radius 2 is 1.84 bits per heavy atom. The zero-order valence-electron chi connectivity index (χ0n) is 16.6. The monoisotopic (exact) mass is 431 g/mol. The van der Waals surface area contributed by atoms with Crippen LogP contribution in [0.15, 0.2) is 78.0 Å². The van der Waals surface area contributed by atoms with E-state index in [9.17, 15) is 14.4 Å². The Morgan fingerprint density at radius 3 is 2.58 bits per heavy atom. The number of anilines is 1. The van der Waals surface area contributed by atoms with Gasteiger partial charge in [0.2, 0.25) is 11.3 Å². The Morgan fingerprint density at radius 1 is 1.06 bits per heavy atom. The van der Waals surface area contributed by atoms with Crippen LogP contribution in [0.2, 0.25) is 5.02 Å². The minimum atomic E-state index is -0.417. The molecule has 7 heteroatoms. The summed E-state index contributed by atoms with van der Waals surface area (Å²) in [6, 6.07) is 15.3. The molecule has 4 rings (SSSR count). The summed E-state index contributed by atoms with van der Waals surface area (Å²) in [4.78, 5) is 42.7. The van der Waals surface area contributed by atoms with Crippen molar-refractivity contribution in [2.75, 3.05) is 5.32 Å². The first-order valence-corrected chi connectivity index (χ1v) is 9.94. The number of hydrogen-bond donors (Lipinski definition) is 1. The topological polar surface area (TPSA) is 81.1 Å². The maximum atomic E-state index is 13.1. The van der Waals surface area contributed by atoms with Crippen LogP contribution in [0.5, 0.6) is 0 Å². The van der Waals surface area contributed by atoms with Crippen molar-refractivity contribution in [2.24, 2.45) is 0 Å². The molecule has 1 N–H and O–H groups in total. The predicted octanol–water partition coefficient (Wildman–Crippen LogP) is 4.23. The number of pyridine rings is 2. The van der Waals surface area contributed by atoms with E-state index in [0.717, 1.165) is 5.56 Å². The number of fused-ring (bicyclic) bond motifs is 1. The molecule has 154 valence electrons. The van der Waals surface area contributed by atoms with Crippen molar-refractivity contribution in [3.8, 4) is 0 Å². The summed E-state index contributed by atoms with van der Waals surface area (Å²) >= 11 is 5.98. The fourth-order valence-corrected chi connectivity index (χ4v) is 3.57. The van der Waals surface area contributed by atoms with Crippen LogP contribution in [0.3, 0.4) is 0 Å². The molecule has 0 saturated heterocycles. The van der Waals surface area contributed by atoms with Crippen molar-refractivity contribution in [3.05, 3.63) is 105 Å². The minimum absolute atomic E-state index is 0.000134. The van der Waals surface area contributed by atoms with E-state index in [0.29, 0.717) is 27.2 Å². The van der Waals surface area contributed by atoms with Gasteiger partial charge in [-0.05, 0) is 49.4 Å². The Hall–Kier alpha value is -3.77. The van der Waals surface area contributed by atoms with Crippen molar-refractivity contribution < 1.29 is 9.59 Å². The van der Waals surface area contributed by atoms with Gasteiger partial charge in [0.25, 0.3) is 0 Å². The van der Waals surface area contributed by atoms with Crippen LogP contribution >= 0.6 is 11.6 Å². The zero-order chi connectivity index (χ0) is 22.0. The molecular formula is C24H18ClN3O3. The molecule has 31 heavy (non-hydrogen) atoms. The summed E-state index contributed by atoms with van der Waals surface area (Å²) in [7, 11) is 0. The molecule has 2 heterocycles. The van der Waals surface area contributed by atoms with Gasteiger partial charge in [-0.3, -0.25) is 19.4 Å². The van der Waals surface area contributed by atoms with Crippen LogP contribution in [0.1, 0.15) is 21.5 Å². The van der Waals surface area contributed by atoms with Gasteiger partial charge in [0, 0.05) is 40.3 Å². The average molecular weight is 432 g/mol. The molecule has 0 unspecified atom stereocenters. The number of carbonyl (C=O) groups excluding carboxylic acids is 2. The quantitative estimate of drug-likeness (QED) is 0.479. The second-order valence-corrected chi connectivity index (χ2v) is 7.58. The molecule has 2 aromatic heterocycles. The molecule has 2 aromatic carbocycles. The van der Waals surface area contributed by atoms with Crippen molar-refractivity contribution in [2.45, 2.75) is 13.5 Å². The molecule has 0 aliphatic rings. The van der Waals surface area contributed by atoms with Crippen LogP contribution in [-0.2, 0) is 11.3 Å². The van der Waals surface area contributed by atoms with Gasteiger partial charge in [-0.25, -0.2) is 0 Å². The summed E-state index contributed by atoms with van der Waals surface area (Å²) < 4.78 is 1.62. The first-order valence-electron chi connectivity index (χ1n) is 9.56. The molecule has 1 amide bonds. The van der Waals surface area contributed by atoms with E-state index in [4.69, 9.17) is 11.6 Å². The third-order valence-electron chi connectivity index (χ3n) is 4.85. The van der Waals surface area contributed by atoms with Gasteiger partial charge in [0.05, 0.1) is 11.1 Å². The minimum Gasteiger partial charge on any atom is -0.337 e. The van der Waals surface area contributed by atoms with Gasteiger partial charge in [0.15, 0.2) is 5.78 Å². The average Bonchev–Trinajstić information content (AvgIpc) is 2.76. The smallest absolute Gasteiger partial charge is 0.244 e. The van der Waals surface area contributed by atoms with E-state index in [1.54, 1.807) is 53.1 Å². The number of benzene rings is 2. The van der Waals surface area contributed by atoms with Gasteiger partial charge in [-0.2, -0.15) is 0 Å². The summed E-state index contributed by atoms with van der Waals surface area (Å²) in [5.74, 6) is -0.727. The number of aryl methyl sites for hydroxylation is 1. The Balaban J connectivity index is 1.77. The number of amides is 1. The van der Waals surface area contributed by atoms with Crippen LogP contribution in [0.25, 0.3) is 10.9 Å². The van der Waals surface area contributed by atoms with Gasteiger partial charge in [-0.1, -0.05) is 29.3 Å². The van der Waals surface area contributed by atoms with Gasteiger partial charge in [0.1, 0.15) is 6.54 Å². The summed E-state index contributed by atoms with van der Waals surface area (Å²) in [5, 5.41) is 3.68. The van der Waals surface area contributed by atoms with Crippen LogP contribution in [-0.4, -0.2) is 21.2 Å². The maximum Gasteiger partial charge on any atom is 0.244 e. The SMILES string of the molecule is Cc1ccc2c(c1)c(=O)c(C(=O)c1ccncc1)cn2CC(=O)Nc1cccc(Cl)c1. The first-order chi connectivity index (χ1) is 14.9. The Labute approximate surface area is 183 Å². The highest BCUT2D eigenvalue weighted by Gasteiger charge is 2.18. The molecule has 0 bridgehead atoms. The van der Waals surface area contributed by atoms with Gasteiger partial charge >= 0.3 is 0 Å². The lowest BCUT2D eigenvalue weighted by atomic mass is 10.0. The third kappa shape index (κ3) is 4.39. The number of ketones is 1. The number of aromatic nitrogens is 2. The van der Waals surface area contributed by atoms with Crippen molar-refractivity contribution in [1.82, 2.24) is 9.55 Å². The molecule has 0 spiro atoms. The van der Waals surface area contributed by atoms with Gasteiger partial charge < -0.3 is 9.88 Å². The van der Waals surface area contributed by atoms with Crippen LogP contribution in [0.4, 0.5) is 5.69 Å². The lowest BCUT2D eigenvalue weighted by Gasteiger charge is -2.14. The van der Waals surface area contributed by atoms with Crippen LogP contribution in [0, 0.1) is 6.92 Å². The van der Waals surface area contributed by atoms with Crippen molar-refractivity contribution in [1.29, 1.82) is 0 Å². The van der Waals surface area contributed by atoms with E-state index < -0.39 is 5.78 Å². The lowest BCUT2D eigenvalue weighted by molar-refractivity contribution is -0.116. The standard InChI is InChI=1S/C24H18ClN3O3/c1-15-5-6-21-19(11-15)24(31)20(23(30)16-7-9-26-10-8-16)13-28(21)14-22(29)27-18-4-2-3-17(25)12-18/h2-13H,14H2,1H3,(H,27,29). The molecule has 6 nitrogen and oxygen atoms in total. The number of nitrogens with zero attached hydrogens (tertiary/aromatic N) is 2. The highest BCUT2D eigenvalue weighted by molar-refractivity contribution is 6.30. The molecule has 0 radical (unpaired) electrons. The zero-order valence-corrected chi connectivity index (χ0v) is 17.4. The fourth-order valence-electron chi connectivity index (χ4n) is 3.38. The molecular weight excluding hydrogens is 414 g/mol. The van der Waals surface area contributed by atoms with E-state index in [1.807, 2.05) is 13.0 Å². The van der Waals surface area contributed by atoms with Crippen molar-refractivity contribution >= 4 is 39.9 Å². The number of halogens is 1. The second kappa shape index (κ2) is 8.53. The van der Waals surface area contributed by atoms with E-state index >= 15 is 0 Å². The van der Waals surface area contributed by atoms with E-state index in [-0.39, 0.29) is 23.4 Å². The van der Waals surface area contributed by atoms with Crippen molar-refractivity contribution in [3.63, 3.8) is 0 Å². The Kier molecular flexibility index (Phi) is 5.64. The predicted molar refractivity (Wildman–Crippen MR) is 121 cm³/mol. The summed E-state index contributed by atoms with van der Waals surface area (Å²) in [6.07, 6.45) is 4.44. The normalized spacial score (nSPS) is 10.8. The first kappa shape index (κ1) is 20.5.